The number of hydrogen-bond donors (Lipinski definition) is 0. The van der Waals surface area contributed by atoms with Crippen molar-refractivity contribution in [2.24, 2.45) is 11.3 Å². The standard InChI is InChI=1S/C11H20O3S/c1-5-6-9-7-10(9)15(12,13)14-8-11(2,3)4/h5-6,9-10H,7-8H2,1-4H3/b6-5+/t9-,10-/m1/s1. The van der Waals surface area contributed by atoms with Crippen LogP contribution in [0, 0.1) is 11.3 Å². The third-order valence-electron chi connectivity index (χ3n) is 2.25. The average Bonchev–Trinajstić information content (AvgIpc) is 2.81. The molecule has 1 aliphatic carbocycles. The molecule has 2 atom stereocenters. The Morgan fingerprint density at radius 1 is 1.40 bits per heavy atom. The summed E-state index contributed by atoms with van der Waals surface area (Å²) in [6, 6.07) is 0. The van der Waals surface area contributed by atoms with Crippen LogP contribution in [0.15, 0.2) is 12.2 Å². The highest BCUT2D eigenvalue weighted by atomic mass is 32.2. The van der Waals surface area contributed by atoms with Gasteiger partial charge in [0.1, 0.15) is 0 Å². The molecular weight excluding hydrogens is 212 g/mol. The van der Waals surface area contributed by atoms with Gasteiger partial charge in [-0.05, 0) is 24.7 Å². The molecule has 0 amide bonds. The van der Waals surface area contributed by atoms with Gasteiger partial charge in [0.2, 0.25) is 0 Å². The van der Waals surface area contributed by atoms with Gasteiger partial charge >= 0.3 is 0 Å². The third kappa shape index (κ3) is 3.95. The molecule has 1 rings (SSSR count). The Labute approximate surface area is 92.6 Å². The van der Waals surface area contributed by atoms with E-state index in [1.165, 1.54) is 0 Å². The molecule has 4 heteroatoms. The van der Waals surface area contributed by atoms with E-state index in [1.54, 1.807) is 0 Å². The molecule has 1 fully saturated rings. The molecule has 0 saturated heterocycles. The molecule has 0 aromatic heterocycles. The van der Waals surface area contributed by atoms with E-state index in [4.69, 9.17) is 4.18 Å². The lowest BCUT2D eigenvalue weighted by Crippen LogP contribution is -2.21. The van der Waals surface area contributed by atoms with Crippen molar-refractivity contribution in [3.63, 3.8) is 0 Å². The average molecular weight is 232 g/mol. The fourth-order valence-corrected chi connectivity index (χ4v) is 2.99. The van der Waals surface area contributed by atoms with E-state index >= 15 is 0 Å². The summed E-state index contributed by atoms with van der Waals surface area (Å²) in [5, 5.41) is -0.309. The minimum Gasteiger partial charge on any atom is -0.269 e. The molecule has 1 saturated carbocycles. The lowest BCUT2D eigenvalue weighted by Gasteiger charge is -2.17. The van der Waals surface area contributed by atoms with Crippen LogP contribution >= 0.6 is 0 Å². The van der Waals surface area contributed by atoms with Gasteiger partial charge in [-0.25, -0.2) is 0 Å². The second-order valence-corrected chi connectivity index (χ2v) is 7.11. The first-order chi connectivity index (χ1) is 6.76. The van der Waals surface area contributed by atoms with E-state index in [0.717, 1.165) is 0 Å². The first-order valence-electron chi connectivity index (χ1n) is 5.27. The highest BCUT2D eigenvalue weighted by molar-refractivity contribution is 7.87. The van der Waals surface area contributed by atoms with Gasteiger partial charge in [-0.2, -0.15) is 8.42 Å². The van der Waals surface area contributed by atoms with Crippen LogP contribution in [0.5, 0.6) is 0 Å². The summed E-state index contributed by atoms with van der Waals surface area (Å²) in [5.41, 5.74) is -0.113. The Hall–Kier alpha value is -0.350. The molecule has 1 aliphatic rings. The highest BCUT2D eigenvalue weighted by Crippen LogP contribution is 2.39. The van der Waals surface area contributed by atoms with Crippen LogP contribution < -0.4 is 0 Å². The van der Waals surface area contributed by atoms with Gasteiger partial charge in [-0.15, -0.1) is 0 Å². The summed E-state index contributed by atoms with van der Waals surface area (Å²) in [6.07, 6.45) is 4.53. The molecule has 0 N–H and O–H groups in total. The Morgan fingerprint density at radius 2 is 2.00 bits per heavy atom. The number of allylic oxidation sites excluding steroid dienone is 2. The summed E-state index contributed by atoms with van der Waals surface area (Å²) in [7, 11) is -3.34. The van der Waals surface area contributed by atoms with Crippen molar-refractivity contribution >= 4 is 10.1 Å². The van der Waals surface area contributed by atoms with Crippen molar-refractivity contribution in [3.05, 3.63) is 12.2 Å². The molecule has 0 aromatic carbocycles. The van der Waals surface area contributed by atoms with Crippen molar-refractivity contribution in [3.8, 4) is 0 Å². The predicted molar refractivity (Wildman–Crippen MR) is 61.0 cm³/mol. The zero-order chi connectivity index (χ0) is 11.7. The summed E-state index contributed by atoms with van der Waals surface area (Å²) < 4.78 is 28.4. The summed E-state index contributed by atoms with van der Waals surface area (Å²) in [6.45, 7) is 8.03. The van der Waals surface area contributed by atoms with Gasteiger partial charge in [0.05, 0.1) is 11.9 Å². The second kappa shape index (κ2) is 4.26. The largest absolute Gasteiger partial charge is 0.270 e. The third-order valence-corrected chi connectivity index (χ3v) is 3.98. The fraction of sp³-hybridized carbons (Fsp3) is 0.818. The highest BCUT2D eigenvalue weighted by Gasteiger charge is 2.46. The summed E-state index contributed by atoms with van der Waals surface area (Å²) in [5.74, 6) is 0.167. The van der Waals surface area contributed by atoms with Crippen LogP contribution in [0.3, 0.4) is 0 Å². The molecule has 15 heavy (non-hydrogen) atoms. The Morgan fingerprint density at radius 3 is 2.47 bits per heavy atom. The molecule has 0 spiro atoms. The van der Waals surface area contributed by atoms with Gasteiger partial charge < -0.3 is 0 Å². The van der Waals surface area contributed by atoms with Crippen LogP contribution in [-0.2, 0) is 14.3 Å². The molecule has 0 radical (unpaired) electrons. The van der Waals surface area contributed by atoms with Gasteiger partial charge in [-0.3, -0.25) is 4.18 Å². The quantitative estimate of drug-likeness (QED) is 0.552. The normalized spacial score (nSPS) is 27.2. The molecular formula is C11H20O3S. The summed E-state index contributed by atoms with van der Waals surface area (Å²) >= 11 is 0. The maximum Gasteiger partial charge on any atom is 0.270 e. The van der Waals surface area contributed by atoms with E-state index < -0.39 is 10.1 Å². The van der Waals surface area contributed by atoms with Crippen LogP contribution in [0.1, 0.15) is 34.1 Å². The van der Waals surface area contributed by atoms with Crippen molar-refractivity contribution in [2.75, 3.05) is 6.61 Å². The predicted octanol–water partition coefficient (Wildman–Crippen LogP) is 2.34. The molecule has 0 bridgehead atoms. The van der Waals surface area contributed by atoms with Gasteiger partial charge in [0, 0.05) is 0 Å². The zero-order valence-corrected chi connectivity index (χ0v) is 10.7. The lowest BCUT2D eigenvalue weighted by atomic mass is 9.99. The molecule has 3 nitrogen and oxygen atoms in total. The number of rotatable bonds is 4. The van der Waals surface area contributed by atoms with Crippen molar-refractivity contribution < 1.29 is 12.6 Å². The molecule has 0 heterocycles. The van der Waals surface area contributed by atoms with Crippen molar-refractivity contribution in [2.45, 2.75) is 39.4 Å². The van der Waals surface area contributed by atoms with Crippen LogP contribution in [-0.4, -0.2) is 20.3 Å². The second-order valence-electron chi connectivity index (χ2n) is 5.28. The Bertz CT molecular complexity index is 335. The summed E-state index contributed by atoms with van der Waals surface area (Å²) in [4.78, 5) is 0. The molecule has 88 valence electrons. The zero-order valence-electron chi connectivity index (χ0n) is 9.86. The van der Waals surface area contributed by atoms with Crippen LogP contribution in [0.2, 0.25) is 0 Å². The minimum absolute atomic E-state index is 0.113. The van der Waals surface area contributed by atoms with E-state index in [2.05, 4.69) is 0 Å². The van der Waals surface area contributed by atoms with E-state index in [9.17, 15) is 8.42 Å². The maximum atomic E-state index is 11.7. The molecule has 0 aromatic rings. The topological polar surface area (TPSA) is 43.4 Å². The Kier molecular flexibility index (Phi) is 3.61. The van der Waals surface area contributed by atoms with Gasteiger partial charge in [0.25, 0.3) is 10.1 Å². The Balaban J connectivity index is 2.48. The maximum absolute atomic E-state index is 11.7. The monoisotopic (exact) mass is 232 g/mol. The molecule has 0 unspecified atom stereocenters. The lowest BCUT2D eigenvalue weighted by molar-refractivity contribution is 0.203. The van der Waals surface area contributed by atoms with E-state index in [1.807, 2.05) is 39.8 Å². The molecule has 0 aliphatic heterocycles. The first kappa shape index (κ1) is 12.7. The number of hydrogen-bond acceptors (Lipinski definition) is 3. The van der Waals surface area contributed by atoms with E-state index in [-0.39, 0.29) is 23.2 Å². The van der Waals surface area contributed by atoms with E-state index in [0.29, 0.717) is 6.42 Å². The van der Waals surface area contributed by atoms with Gasteiger partial charge in [0.15, 0.2) is 0 Å². The SMILES string of the molecule is C/C=C/[C@@H]1C[C@H]1S(=O)(=O)OCC(C)(C)C. The van der Waals surface area contributed by atoms with Crippen molar-refractivity contribution in [1.82, 2.24) is 0 Å². The van der Waals surface area contributed by atoms with Gasteiger partial charge in [-0.1, -0.05) is 32.9 Å². The smallest absolute Gasteiger partial charge is 0.269 e. The first-order valence-corrected chi connectivity index (χ1v) is 6.74. The van der Waals surface area contributed by atoms with Crippen LogP contribution in [0.4, 0.5) is 0 Å². The van der Waals surface area contributed by atoms with Crippen molar-refractivity contribution in [1.29, 1.82) is 0 Å². The minimum atomic E-state index is -3.34. The fourth-order valence-electron chi connectivity index (χ4n) is 1.32. The van der Waals surface area contributed by atoms with Crippen LogP contribution in [0.25, 0.3) is 0 Å².